The molecule has 54 valence electrons. The predicted molar refractivity (Wildman–Crippen MR) is 31.2 cm³/mol. The summed E-state index contributed by atoms with van der Waals surface area (Å²) in [5.41, 5.74) is -0.614. The minimum absolute atomic E-state index is 0.399. The van der Waals surface area contributed by atoms with Gasteiger partial charge in [-0.1, -0.05) is 0 Å². The lowest BCUT2D eigenvalue weighted by atomic mass is 9.77. The van der Waals surface area contributed by atoms with Crippen LogP contribution in [0.5, 0.6) is 0 Å². The molecule has 1 N–H and O–H groups in total. The molecular formula is C6H7NO3. The van der Waals surface area contributed by atoms with Gasteiger partial charge in [-0.25, -0.2) is 9.59 Å². The number of nitrogens with one attached hydrogen (secondary N) is 1. The van der Waals surface area contributed by atoms with E-state index in [9.17, 15) is 9.59 Å². The van der Waals surface area contributed by atoms with E-state index in [1.165, 1.54) is 0 Å². The van der Waals surface area contributed by atoms with Gasteiger partial charge in [0.1, 0.15) is 5.54 Å². The van der Waals surface area contributed by atoms with Gasteiger partial charge >= 0.3 is 12.1 Å². The van der Waals surface area contributed by atoms with Gasteiger partial charge in [0.05, 0.1) is 0 Å². The van der Waals surface area contributed by atoms with E-state index in [4.69, 9.17) is 0 Å². The molecule has 1 saturated heterocycles. The molecule has 1 heterocycles. The molecule has 0 atom stereocenters. The van der Waals surface area contributed by atoms with Crippen LogP contribution in [-0.4, -0.2) is 17.6 Å². The third kappa shape index (κ3) is 0.509. The minimum atomic E-state index is -0.614. The fraction of sp³-hybridized carbons (Fsp3) is 0.667. The highest BCUT2D eigenvalue weighted by molar-refractivity contribution is 5.99. The van der Waals surface area contributed by atoms with Gasteiger partial charge < -0.3 is 10.1 Å². The summed E-state index contributed by atoms with van der Waals surface area (Å²) in [4.78, 5) is 21.4. The van der Waals surface area contributed by atoms with Crippen LogP contribution in [-0.2, 0) is 9.53 Å². The number of hydrogen-bond acceptors (Lipinski definition) is 3. The lowest BCUT2D eigenvalue weighted by Crippen LogP contribution is -2.51. The molecule has 0 radical (unpaired) electrons. The monoisotopic (exact) mass is 141 g/mol. The molecule has 1 saturated carbocycles. The molecule has 0 unspecified atom stereocenters. The van der Waals surface area contributed by atoms with Crippen LogP contribution in [0.2, 0.25) is 0 Å². The van der Waals surface area contributed by atoms with Crippen LogP contribution >= 0.6 is 0 Å². The van der Waals surface area contributed by atoms with Crippen LogP contribution in [0, 0.1) is 0 Å². The van der Waals surface area contributed by atoms with E-state index in [0.717, 1.165) is 19.3 Å². The van der Waals surface area contributed by atoms with Gasteiger partial charge in [-0.2, -0.15) is 0 Å². The second kappa shape index (κ2) is 1.51. The van der Waals surface area contributed by atoms with Crippen LogP contribution in [0.25, 0.3) is 0 Å². The van der Waals surface area contributed by atoms with E-state index in [1.807, 2.05) is 0 Å². The second-order valence-electron chi connectivity index (χ2n) is 2.74. The van der Waals surface area contributed by atoms with Gasteiger partial charge in [-0.15, -0.1) is 0 Å². The number of alkyl carbamates (subject to hydrolysis) is 1. The maximum atomic E-state index is 10.9. The van der Waals surface area contributed by atoms with E-state index < -0.39 is 17.6 Å². The topological polar surface area (TPSA) is 55.4 Å². The molecule has 1 amide bonds. The summed E-state index contributed by atoms with van der Waals surface area (Å²) in [7, 11) is 0. The van der Waals surface area contributed by atoms with Gasteiger partial charge in [0.15, 0.2) is 0 Å². The highest BCUT2D eigenvalue weighted by atomic mass is 16.6. The van der Waals surface area contributed by atoms with Crippen molar-refractivity contribution in [2.24, 2.45) is 0 Å². The Morgan fingerprint density at radius 1 is 1.40 bits per heavy atom. The molecule has 0 aromatic rings. The fourth-order valence-electron chi connectivity index (χ4n) is 1.31. The first-order valence-electron chi connectivity index (χ1n) is 3.27. The van der Waals surface area contributed by atoms with Gasteiger partial charge in [0.25, 0.3) is 0 Å². The third-order valence-corrected chi connectivity index (χ3v) is 2.12. The zero-order valence-electron chi connectivity index (χ0n) is 5.35. The Hall–Kier alpha value is -1.06. The van der Waals surface area contributed by atoms with Crippen LogP contribution in [0.15, 0.2) is 0 Å². The van der Waals surface area contributed by atoms with E-state index in [-0.39, 0.29) is 0 Å². The normalized spacial score (nSPS) is 27.6. The highest BCUT2D eigenvalue weighted by Crippen LogP contribution is 2.35. The molecule has 2 rings (SSSR count). The molecule has 0 bridgehead atoms. The molecular weight excluding hydrogens is 134 g/mol. The standard InChI is InChI=1S/C6H7NO3/c8-4-6(2-1-3-6)7-5(9)10-4/h1-3H2,(H,7,9). The van der Waals surface area contributed by atoms with Gasteiger partial charge in [-0.3, -0.25) is 0 Å². The molecule has 4 nitrogen and oxygen atoms in total. The molecule has 4 heteroatoms. The average molecular weight is 141 g/mol. The number of esters is 1. The van der Waals surface area contributed by atoms with Crippen molar-refractivity contribution in [3.8, 4) is 0 Å². The number of carbonyl (C=O) groups excluding carboxylic acids is 2. The minimum Gasteiger partial charge on any atom is -0.374 e. The number of amides is 1. The zero-order valence-corrected chi connectivity index (χ0v) is 5.35. The Balaban J connectivity index is 2.23. The summed E-state index contributed by atoms with van der Waals surface area (Å²) in [6.07, 6.45) is 1.87. The maximum absolute atomic E-state index is 10.9. The lowest BCUT2D eigenvalue weighted by molar-refractivity contribution is -0.142. The quantitative estimate of drug-likeness (QED) is 0.386. The van der Waals surface area contributed by atoms with Crippen LogP contribution in [0.4, 0.5) is 4.79 Å². The van der Waals surface area contributed by atoms with Crippen LogP contribution in [0.1, 0.15) is 19.3 Å². The summed E-state index contributed by atoms with van der Waals surface area (Å²) in [5.74, 6) is -0.399. The molecule has 1 aliphatic heterocycles. The van der Waals surface area contributed by atoms with E-state index in [0.29, 0.717) is 0 Å². The van der Waals surface area contributed by atoms with Crippen molar-refractivity contribution in [2.45, 2.75) is 24.8 Å². The average Bonchev–Trinajstić information content (AvgIpc) is 2.04. The Morgan fingerprint density at radius 2 is 2.10 bits per heavy atom. The van der Waals surface area contributed by atoms with Gasteiger partial charge in [0.2, 0.25) is 0 Å². The third-order valence-electron chi connectivity index (χ3n) is 2.12. The SMILES string of the molecule is O=C1NC2(CCC2)C(=O)O1. The van der Waals surface area contributed by atoms with E-state index >= 15 is 0 Å². The van der Waals surface area contributed by atoms with Crippen LogP contribution in [0.3, 0.4) is 0 Å². The Kier molecular flexibility index (Phi) is 0.859. The summed E-state index contributed by atoms with van der Waals surface area (Å²) in [5, 5.41) is 2.51. The first kappa shape index (κ1) is 5.70. The summed E-state index contributed by atoms with van der Waals surface area (Å²) < 4.78 is 4.33. The van der Waals surface area contributed by atoms with Crippen molar-refractivity contribution in [3.63, 3.8) is 0 Å². The van der Waals surface area contributed by atoms with Crippen molar-refractivity contribution in [1.29, 1.82) is 0 Å². The predicted octanol–water partition coefficient (Wildman–Crippen LogP) is 0.175. The molecule has 2 fully saturated rings. The molecule has 10 heavy (non-hydrogen) atoms. The number of cyclic esters (lactones) is 2. The van der Waals surface area contributed by atoms with Crippen molar-refractivity contribution < 1.29 is 14.3 Å². The van der Waals surface area contributed by atoms with Crippen molar-refractivity contribution in [2.75, 3.05) is 0 Å². The molecule has 1 spiro atoms. The molecule has 0 aromatic heterocycles. The molecule has 2 aliphatic rings. The van der Waals surface area contributed by atoms with E-state index in [1.54, 1.807) is 0 Å². The van der Waals surface area contributed by atoms with Crippen LogP contribution < -0.4 is 5.32 Å². The lowest BCUT2D eigenvalue weighted by Gasteiger charge is -2.32. The maximum Gasteiger partial charge on any atom is 0.415 e. The summed E-state index contributed by atoms with van der Waals surface area (Å²) >= 11 is 0. The number of rotatable bonds is 0. The van der Waals surface area contributed by atoms with Gasteiger partial charge in [-0.05, 0) is 19.3 Å². The smallest absolute Gasteiger partial charge is 0.374 e. The van der Waals surface area contributed by atoms with E-state index in [2.05, 4.69) is 10.1 Å². The first-order valence-corrected chi connectivity index (χ1v) is 3.27. The molecule has 1 aliphatic carbocycles. The molecule has 0 aromatic carbocycles. The summed E-state index contributed by atoms with van der Waals surface area (Å²) in [6, 6.07) is 0. The Labute approximate surface area is 57.5 Å². The Bertz CT molecular complexity index is 207. The highest BCUT2D eigenvalue weighted by Gasteiger charge is 2.52. The first-order chi connectivity index (χ1) is 4.73. The fourth-order valence-corrected chi connectivity index (χ4v) is 1.31. The van der Waals surface area contributed by atoms with Crippen molar-refractivity contribution >= 4 is 12.1 Å². The zero-order chi connectivity index (χ0) is 7.19. The van der Waals surface area contributed by atoms with Crippen molar-refractivity contribution in [1.82, 2.24) is 5.32 Å². The van der Waals surface area contributed by atoms with Crippen molar-refractivity contribution in [3.05, 3.63) is 0 Å². The second-order valence-corrected chi connectivity index (χ2v) is 2.74. The Morgan fingerprint density at radius 3 is 2.30 bits per heavy atom. The number of carbonyl (C=O) groups is 2. The number of hydrogen-bond donors (Lipinski definition) is 1. The number of ether oxygens (including phenoxy) is 1. The largest absolute Gasteiger partial charge is 0.415 e. The summed E-state index contributed by atoms with van der Waals surface area (Å²) in [6.45, 7) is 0. The van der Waals surface area contributed by atoms with Gasteiger partial charge in [0, 0.05) is 0 Å².